The summed E-state index contributed by atoms with van der Waals surface area (Å²) in [4.78, 5) is 36.1. The predicted molar refractivity (Wildman–Crippen MR) is 104 cm³/mol. The zero-order chi connectivity index (χ0) is 21.1. The molecule has 0 bridgehead atoms. The molecule has 1 rings (SSSR count). The van der Waals surface area contributed by atoms with Gasteiger partial charge in [0.05, 0.1) is 6.04 Å². The number of carboxylic acid groups (broad SMARTS) is 1. The summed E-state index contributed by atoms with van der Waals surface area (Å²) in [6.07, 6.45) is 0.761. The molecule has 3 unspecified atom stereocenters. The molecule has 0 saturated heterocycles. The van der Waals surface area contributed by atoms with Gasteiger partial charge in [0, 0.05) is 30.0 Å². The van der Waals surface area contributed by atoms with Gasteiger partial charge >= 0.3 is 5.97 Å². The molecule has 0 spiro atoms. The zero-order valence-corrected chi connectivity index (χ0v) is 17.3. The van der Waals surface area contributed by atoms with Crippen LogP contribution in [0, 0.1) is 5.41 Å². The molecular formula is C18H28MnN6O4. The van der Waals surface area contributed by atoms with E-state index in [2.05, 4.69) is 16.0 Å². The van der Waals surface area contributed by atoms with Crippen LogP contribution in [0.15, 0.2) is 30.3 Å². The smallest absolute Gasteiger partial charge is 0.326 e. The molecule has 1 aromatic rings. The zero-order valence-electron chi connectivity index (χ0n) is 16.2. The van der Waals surface area contributed by atoms with Gasteiger partial charge in [0.2, 0.25) is 11.8 Å². The van der Waals surface area contributed by atoms with Crippen LogP contribution in [0.2, 0.25) is 0 Å². The number of hydrogen-bond acceptors (Lipinski definition) is 5. The van der Waals surface area contributed by atoms with Crippen LogP contribution in [0.4, 0.5) is 0 Å². The van der Waals surface area contributed by atoms with Crippen molar-refractivity contribution in [3.8, 4) is 0 Å². The van der Waals surface area contributed by atoms with Gasteiger partial charge < -0.3 is 32.5 Å². The number of carboxylic acids is 1. The van der Waals surface area contributed by atoms with Gasteiger partial charge in [-0.3, -0.25) is 15.0 Å². The van der Waals surface area contributed by atoms with E-state index < -0.39 is 35.9 Å². The van der Waals surface area contributed by atoms with Gasteiger partial charge in [0.1, 0.15) is 12.1 Å². The average Bonchev–Trinajstić information content (AvgIpc) is 2.63. The Morgan fingerprint density at radius 2 is 1.69 bits per heavy atom. The van der Waals surface area contributed by atoms with Gasteiger partial charge in [-0.15, -0.1) is 0 Å². The summed E-state index contributed by atoms with van der Waals surface area (Å²) in [5.41, 5.74) is 11.5. The Labute approximate surface area is 180 Å². The monoisotopic (exact) mass is 447 g/mol. The Kier molecular flexibility index (Phi) is 12.3. The SMILES string of the molecule is CC(N)C(=O)NC(CCCNC(=N)N)C(=O)NC(Cc1ccccc1)C(=O)O.[Mn]. The summed E-state index contributed by atoms with van der Waals surface area (Å²) in [5, 5.41) is 24.2. The minimum Gasteiger partial charge on any atom is -0.480 e. The summed E-state index contributed by atoms with van der Waals surface area (Å²) in [6, 6.07) is 6.01. The standard InChI is InChI=1S/C18H28N6O4.Mn/c1-11(19)15(25)23-13(8-5-9-22-18(20)21)16(26)24-14(17(27)28)10-12-6-3-2-4-7-12;/h2-4,6-7,11,13-14H,5,8-10,19H2,1H3,(H,23,25)(H,24,26)(H,27,28)(H4,20,21,22);. The van der Waals surface area contributed by atoms with Gasteiger partial charge in [0.25, 0.3) is 0 Å². The summed E-state index contributed by atoms with van der Waals surface area (Å²) in [7, 11) is 0. The molecule has 1 radical (unpaired) electrons. The van der Waals surface area contributed by atoms with E-state index in [0.29, 0.717) is 13.0 Å². The molecule has 3 atom stereocenters. The topological polar surface area (TPSA) is 183 Å². The first-order valence-electron chi connectivity index (χ1n) is 8.91. The summed E-state index contributed by atoms with van der Waals surface area (Å²) >= 11 is 0. The second-order valence-electron chi connectivity index (χ2n) is 6.42. The van der Waals surface area contributed by atoms with E-state index in [1.54, 1.807) is 24.3 Å². The van der Waals surface area contributed by atoms with Gasteiger partial charge in [-0.05, 0) is 25.3 Å². The summed E-state index contributed by atoms with van der Waals surface area (Å²) in [6.45, 7) is 1.82. The predicted octanol–water partition coefficient (Wildman–Crippen LogP) is -1.11. The number of hydrogen-bond donors (Lipinski definition) is 7. The molecule has 0 aliphatic rings. The quantitative estimate of drug-likeness (QED) is 0.0971. The third kappa shape index (κ3) is 10.5. The Balaban J connectivity index is 0.00000784. The van der Waals surface area contributed by atoms with Gasteiger partial charge in [-0.2, -0.15) is 0 Å². The Hall–Kier alpha value is -2.62. The largest absolute Gasteiger partial charge is 0.480 e. The van der Waals surface area contributed by atoms with Gasteiger partial charge in [-0.1, -0.05) is 30.3 Å². The molecular weight excluding hydrogens is 419 g/mol. The van der Waals surface area contributed by atoms with Crippen LogP contribution in [-0.2, 0) is 37.9 Å². The fraction of sp³-hybridized carbons (Fsp3) is 0.444. The number of carbonyl (C=O) groups is 3. The van der Waals surface area contributed by atoms with Crippen molar-refractivity contribution in [2.75, 3.05) is 6.54 Å². The number of nitrogens with one attached hydrogen (secondary N) is 4. The van der Waals surface area contributed by atoms with E-state index >= 15 is 0 Å². The molecule has 1 aromatic carbocycles. The van der Waals surface area contributed by atoms with Gasteiger partial charge in [0.15, 0.2) is 5.96 Å². The number of carbonyl (C=O) groups excluding carboxylic acids is 2. The molecule has 10 nitrogen and oxygen atoms in total. The van der Waals surface area contributed by atoms with Crippen molar-refractivity contribution in [3.05, 3.63) is 35.9 Å². The van der Waals surface area contributed by atoms with Crippen LogP contribution in [0.5, 0.6) is 0 Å². The maximum absolute atomic E-state index is 12.6. The van der Waals surface area contributed by atoms with Crippen LogP contribution in [-0.4, -0.2) is 53.5 Å². The average molecular weight is 447 g/mol. The first-order valence-corrected chi connectivity index (χ1v) is 8.91. The van der Waals surface area contributed by atoms with Crippen LogP contribution < -0.4 is 27.4 Å². The van der Waals surface area contributed by atoms with Crippen LogP contribution in [0.25, 0.3) is 0 Å². The van der Waals surface area contributed by atoms with Crippen molar-refractivity contribution < 1.29 is 36.6 Å². The minimum atomic E-state index is -1.17. The Morgan fingerprint density at radius 1 is 1.10 bits per heavy atom. The molecule has 0 aliphatic heterocycles. The second kappa shape index (κ2) is 13.5. The second-order valence-corrected chi connectivity index (χ2v) is 6.42. The van der Waals surface area contributed by atoms with Crippen molar-refractivity contribution in [1.82, 2.24) is 16.0 Å². The molecule has 161 valence electrons. The number of amides is 2. The van der Waals surface area contributed by atoms with Crippen LogP contribution >= 0.6 is 0 Å². The normalized spacial score (nSPS) is 13.2. The fourth-order valence-corrected chi connectivity index (χ4v) is 2.42. The van der Waals surface area contributed by atoms with E-state index in [1.165, 1.54) is 6.92 Å². The molecule has 0 heterocycles. The summed E-state index contributed by atoms with van der Waals surface area (Å²) in [5.74, 6) is -2.50. The maximum Gasteiger partial charge on any atom is 0.326 e. The van der Waals surface area contributed by atoms with Crippen molar-refractivity contribution in [2.45, 2.75) is 44.3 Å². The molecule has 0 aromatic heterocycles. The van der Waals surface area contributed by atoms with E-state index in [-0.39, 0.29) is 35.9 Å². The third-order valence-corrected chi connectivity index (χ3v) is 3.93. The first kappa shape index (κ1) is 26.4. The van der Waals surface area contributed by atoms with Crippen LogP contribution in [0.3, 0.4) is 0 Å². The van der Waals surface area contributed by atoms with Crippen LogP contribution in [0.1, 0.15) is 25.3 Å². The molecule has 0 saturated carbocycles. The number of aliphatic carboxylic acids is 1. The van der Waals surface area contributed by atoms with Crippen molar-refractivity contribution in [2.24, 2.45) is 11.5 Å². The Bertz CT molecular complexity index is 686. The molecule has 2 amide bonds. The number of rotatable bonds is 11. The molecule has 9 N–H and O–H groups in total. The van der Waals surface area contributed by atoms with E-state index in [9.17, 15) is 19.5 Å². The van der Waals surface area contributed by atoms with Crippen molar-refractivity contribution in [3.63, 3.8) is 0 Å². The Morgan fingerprint density at radius 3 is 2.21 bits per heavy atom. The first-order chi connectivity index (χ1) is 13.2. The van der Waals surface area contributed by atoms with Gasteiger partial charge in [-0.25, -0.2) is 4.79 Å². The third-order valence-electron chi connectivity index (χ3n) is 3.93. The number of guanidine groups is 1. The van der Waals surface area contributed by atoms with E-state index in [1.807, 2.05) is 6.07 Å². The van der Waals surface area contributed by atoms with E-state index in [4.69, 9.17) is 16.9 Å². The minimum absolute atomic E-state index is 0. The van der Waals surface area contributed by atoms with Crippen molar-refractivity contribution >= 4 is 23.7 Å². The molecule has 29 heavy (non-hydrogen) atoms. The van der Waals surface area contributed by atoms with E-state index in [0.717, 1.165) is 5.56 Å². The number of benzene rings is 1. The van der Waals surface area contributed by atoms with Crippen molar-refractivity contribution in [1.29, 1.82) is 5.41 Å². The fourth-order valence-electron chi connectivity index (χ4n) is 2.42. The molecule has 11 heteroatoms. The number of nitrogens with two attached hydrogens (primary N) is 2. The summed E-state index contributed by atoms with van der Waals surface area (Å²) < 4.78 is 0. The maximum atomic E-state index is 12.6. The molecule has 0 fully saturated rings. The molecule has 0 aliphatic carbocycles.